The fourth-order valence-corrected chi connectivity index (χ4v) is 2.02. The summed E-state index contributed by atoms with van der Waals surface area (Å²) in [7, 11) is 1.51. The van der Waals surface area contributed by atoms with Crippen LogP contribution >= 0.6 is 11.6 Å². The van der Waals surface area contributed by atoms with Crippen molar-refractivity contribution in [1.29, 1.82) is 0 Å². The van der Waals surface area contributed by atoms with Crippen LogP contribution in [0.25, 0.3) is 0 Å². The standard InChI is InChI=1S/C16H17ClN4O2/c1-4-5-18-15-8-13(19-9-20-15)16(22)21-12-6-10(2)11(17)7-14(12)23-3/h4,6-9H,1,5H2,2-3H3,(H,21,22)(H,18,19,20). The fourth-order valence-electron chi connectivity index (χ4n) is 1.87. The van der Waals surface area contributed by atoms with Crippen molar-refractivity contribution in [3.8, 4) is 5.75 Å². The van der Waals surface area contributed by atoms with Crippen LogP contribution in [0.3, 0.4) is 0 Å². The number of carbonyl (C=O) groups excluding carboxylic acids is 1. The van der Waals surface area contributed by atoms with E-state index in [9.17, 15) is 4.79 Å². The Balaban J connectivity index is 2.22. The maximum atomic E-state index is 12.4. The number of aromatic nitrogens is 2. The van der Waals surface area contributed by atoms with Crippen LogP contribution in [0.4, 0.5) is 11.5 Å². The smallest absolute Gasteiger partial charge is 0.274 e. The van der Waals surface area contributed by atoms with Crippen LogP contribution < -0.4 is 15.4 Å². The lowest BCUT2D eigenvalue weighted by Crippen LogP contribution is -2.15. The van der Waals surface area contributed by atoms with Gasteiger partial charge in [-0.05, 0) is 18.6 Å². The zero-order valence-electron chi connectivity index (χ0n) is 12.9. The Bertz CT molecular complexity index is 734. The lowest BCUT2D eigenvalue weighted by Gasteiger charge is -2.12. The van der Waals surface area contributed by atoms with Gasteiger partial charge in [-0.15, -0.1) is 6.58 Å². The predicted molar refractivity (Wildman–Crippen MR) is 91.4 cm³/mol. The largest absolute Gasteiger partial charge is 0.495 e. The quantitative estimate of drug-likeness (QED) is 0.794. The van der Waals surface area contributed by atoms with E-state index in [2.05, 4.69) is 27.2 Å². The average Bonchev–Trinajstić information content (AvgIpc) is 2.56. The Morgan fingerprint density at radius 2 is 2.17 bits per heavy atom. The van der Waals surface area contributed by atoms with E-state index in [1.54, 1.807) is 24.3 Å². The lowest BCUT2D eigenvalue weighted by atomic mass is 10.2. The lowest BCUT2D eigenvalue weighted by molar-refractivity contribution is 0.102. The van der Waals surface area contributed by atoms with Crippen molar-refractivity contribution < 1.29 is 9.53 Å². The Kier molecular flexibility index (Phi) is 5.54. The first-order valence-electron chi connectivity index (χ1n) is 6.87. The number of carbonyl (C=O) groups is 1. The van der Waals surface area contributed by atoms with Crippen molar-refractivity contribution in [2.24, 2.45) is 0 Å². The third kappa shape index (κ3) is 4.20. The molecule has 0 radical (unpaired) electrons. The Morgan fingerprint density at radius 3 is 2.87 bits per heavy atom. The predicted octanol–water partition coefficient (Wildman–Crippen LogP) is 3.30. The molecule has 0 saturated carbocycles. The zero-order chi connectivity index (χ0) is 16.8. The van der Waals surface area contributed by atoms with E-state index in [4.69, 9.17) is 16.3 Å². The molecule has 0 aliphatic carbocycles. The highest BCUT2D eigenvalue weighted by atomic mass is 35.5. The van der Waals surface area contributed by atoms with Crippen LogP contribution in [0, 0.1) is 6.92 Å². The normalized spacial score (nSPS) is 10.0. The highest BCUT2D eigenvalue weighted by Crippen LogP contribution is 2.31. The molecule has 1 heterocycles. The van der Waals surface area contributed by atoms with E-state index in [1.165, 1.54) is 13.4 Å². The Morgan fingerprint density at radius 1 is 1.39 bits per heavy atom. The highest BCUT2D eigenvalue weighted by Gasteiger charge is 2.13. The molecule has 0 unspecified atom stereocenters. The van der Waals surface area contributed by atoms with Gasteiger partial charge < -0.3 is 15.4 Å². The number of benzene rings is 1. The molecule has 0 aliphatic heterocycles. The zero-order valence-corrected chi connectivity index (χ0v) is 13.6. The SMILES string of the molecule is C=CCNc1cc(C(=O)Nc2cc(C)c(Cl)cc2OC)ncn1. The molecule has 0 bridgehead atoms. The molecular formula is C16H17ClN4O2. The van der Waals surface area contributed by atoms with Crippen molar-refractivity contribution in [3.63, 3.8) is 0 Å². The van der Waals surface area contributed by atoms with E-state index in [-0.39, 0.29) is 11.6 Å². The van der Waals surface area contributed by atoms with E-state index in [0.29, 0.717) is 28.8 Å². The number of ether oxygens (including phenoxy) is 1. The molecule has 0 spiro atoms. The first-order valence-corrected chi connectivity index (χ1v) is 7.25. The molecule has 1 amide bonds. The molecule has 7 heteroatoms. The summed E-state index contributed by atoms with van der Waals surface area (Å²) in [6.45, 7) is 6.00. The second kappa shape index (κ2) is 7.60. The summed E-state index contributed by atoms with van der Waals surface area (Å²) in [5.74, 6) is 0.659. The van der Waals surface area contributed by atoms with Crippen LogP contribution in [0.1, 0.15) is 16.1 Å². The average molecular weight is 333 g/mol. The number of anilines is 2. The minimum atomic E-state index is -0.367. The second-order valence-corrected chi connectivity index (χ2v) is 5.12. The summed E-state index contributed by atoms with van der Waals surface area (Å²) in [6.07, 6.45) is 3.02. The monoisotopic (exact) mass is 332 g/mol. The summed E-state index contributed by atoms with van der Waals surface area (Å²) >= 11 is 6.06. The molecule has 0 aliphatic rings. The number of halogens is 1. The van der Waals surface area contributed by atoms with Crippen LogP contribution in [0.15, 0.2) is 37.2 Å². The summed E-state index contributed by atoms with van der Waals surface area (Å²) in [5.41, 5.74) is 1.60. The maximum absolute atomic E-state index is 12.4. The van der Waals surface area contributed by atoms with Crippen LogP contribution in [0.5, 0.6) is 5.75 Å². The summed E-state index contributed by atoms with van der Waals surface area (Å²) in [4.78, 5) is 20.4. The van der Waals surface area contributed by atoms with Crippen LogP contribution in [-0.4, -0.2) is 29.5 Å². The molecule has 0 atom stereocenters. The maximum Gasteiger partial charge on any atom is 0.274 e. The summed E-state index contributed by atoms with van der Waals surface area (Å²) in [6, 6.07) is 4.97. The number of amides is 1. The fraction of sp³-hybridized carbons (Fsp3) is 0.188. The number of hydrogen-bond acceptors (Lipinski definition) is 5. The van der Waals surface area contributed by atoms with Gasteiger partial charge in [-0.3, -0.25) is 4.79 Å². The van der Waals surface area contributed by atoms with Gasteiger partial charge in [0.1, 0.15) is 23.6 Å². The van der Waals surface area contributed by atoms with Crippen LogP contribution in [0.2, 0.25) is 5.02 Å². The molecule has 2 rings (SSSR count). The van der Waals surface area contributed by atoms with Crippen LogP contribution in [-0.2, 0) is 0 Å². The molecule has 120 valence electrons. The molecule has 2 aromatic rings. The van der Waals surface area contributed by atoms with Gasteiger partial charge in [-0.2, -0.15) is 0 Å². The summed E-state index contributed by atoms with van der Waals surface area (Å²) in [5, 5.41) is 6.34. The first-order chi connectivity index (χ1) is 11.0. The van der Waals surface area contributed by atoms with Crippen molar-refractivity contribution in [3.05, 3.63) is 53.5 Å². The Labute approximate surface area is 139 Å². The number of methoxy groups -OCH3 is 1. The van der Waals surface area contributed by atoms with Crippen molar-refractivity contribution in [2.45, 2.75) is 6.92 Å². The number of nitrogens with one attached hydrogen (secondary N) is 2. The van der Waals surface area contributed by atoms with Gasteiger partial charge in [0.05, 0.1) is 12.8 Å². The van der Waals surface area contributed by atoms with E-state index >= 15 is 0 Å². The number of aryl methyl sites for hydroxylation is 1. The van der Waals surface area contributed by atoms with E-state index < -0.39 is 0 Å². The molecule has 1 aromatic heterocycles. The van der Waals surface area contributed by atoms with Gasteiger partial charge in [0.15, 0.2) is 0 Å². The van der Waals surface area contributed by atoms with E-state index in [0.717, 1.165) is 5.56 Å². The van der Waals surface area contributed by atoms with Gasteiger partial charge in [-0.25, -0.2) is 9.97 Å². The van der Waals surface area contributed by atoms with Gasteiger partial charge in [0.2, 0.25) is 0 Å². The topological polar surface area (TPSA) is 76.1 Å². The van der Waals surface area contributed by atoms with Gasteiger partial charge in [-0.1, -0.05) is 17.7 Å². The molecule has 6 nitrogen and oxygen atoms in total. The minimum absolute atomic E-state index is 0.237. The van der Waals surface area contributed by atoms with Gasteiger partial charge in [0, 0.05) is 23.7 Å². The molecule has 23 heavy (non-hydrogen) atoms. The Hall–Kier alpha value is -2.60. The van der Waals surface area contributed by atoms with Crippen molar-refractivity contribution >= 4 is 29.0 Å². The second-order valence-electron chi connectivity index (χ2n) is 4.71. The van der Waals surface area contributed by atoms with Crippen molar-refractivity contribution in [1.82, 2.24) is 9.97 Å². The third-order valence-electron chi connectivity index (χ3n) is 3.06. The summed E-state index contributed by atoms with van der Waals surface area (Å²) < 4.78 is 5.24. The number of hydrogen-bond donors (Lipinski definition) is 2. The van der Waals surface area contributed by atoms with Crippen molar-refractivity contribution in [2.75, 3.05) is 24.3 Å². The molecule has 2 N–H and O–H groups in total. The first kappa shape index (κ1) is 16.8. The minimum Gasteiger partial charge on any atom is -0.495 e. The molecule has 0 saturated heterocycles. The van der Waals surface area contributed by atoms with E-state index in [1.807, 2.05) is 6.92 Å². The third-order valence-corrected chi connectivity index (χ3v) is 3.46. The number of rotatable bonds is 6. The number of nitrogens with zero attached hydrogens (tertiary/aromatic N) is 2. The van der Waals surface area contributed by atoms with Gasteiger partial charge >= 0.3 is 0 Å². The molecule has 1 aromatic carbocycles. The van der Waals surface area contributed by atoms with Gasteiger partial charge in [0.25, 0.3) is 5.91 Å². The molecular weight excluding hydrogens is 316 g/mol. The molecule has 0 fully saturated rings. The highest BCUT2D eigenvalue weighted by molar-refractivity contribution is 6.31.